The van der Waals surface area contributed by atoms with E-state index in [1.165, 1.54) is 5.56 Å². The van der Waals surface area contributed by atoms with E-state index in [2.05, 4.69) is 41.5 Å². The summed E-state index contributed by atoms with van der Waals surface area (Å²) < 4.78 is 5.72. The minimum absolute atomic E-state index is 0.0975. The molecule has 1 amide bonds. The van der Waals surface area contributed by atoms with Crippen LogP contribution in [0.25, 0.3) is 11.1 Å². The Bertz CT molecular complexity index is 1040. The van der Waals surface area contributed by atoms with E-state index in [9.17, 15) is 4.79 Å². The van der Waals surface area contributed by atoms with Gasteiger partial charge < -0.3 is 10.1 Å². The standard InChI is InChI=1S/C24H23ClN2O2/c1-16-7-9-26-15-22(16)27-23(28)13-17-11-19(14-21(25)12-17)18-3-5-20(6-4-18)24(2)8-10-29-24/h3-7,9,11-12,14-15H,8,10,13H2,1-2H3,(H,27,28). The second-order valence-electron chi connectivity index (χ2n) is 7.67. The van der Waals surface area contributed by atoms with Crippen molar-refractivity contribution in [3.63, 3.8) is 0 Å². The largest absolute Gasteiger partial charge is 0.370 e. The number of carbonyl (C=O) groups is 1. The highest BCUT2D eigenvalue weighted by molar-refractivity contribution is 6.31. The molecule has 1 unspecified atom stereocenters. The SMILES string of the molecule is Cc1ccncc1NC(=O)Cc1cc(Cl)cc(-c2ccc(C3(C)CCO3)cc2)c1. The molecule has 0 aliphatic carbocycles. The van der Waals surface area contributed by atoms with Crippen molar-refractivity contribution in [3.05, 3.63) is 82.6 Å². The number of anilines is 1. The molecule has 4 rings (SSSR count). The number of ether oxygens (including phenoxy) is 1. The van der Waals surface area contributed by atoms with Gasteiger partial charge in [-0.2, -0.15) is 0 Å². The normalized spacial score (nSPS) is 18.2. The van der Waals surface area contributed by atoms with Crippen molar-refractivity contribution in [1.29, 1.82) is 0 Å². The zero-order chi connectivity index (χ0) is 20.4. The second-order valence-corrected chi connectivity index (χ2v) is 8.11. The summed E-state index contributed by atoms with van der Waals surface area (Å²) in [6.45, 7) is 4.87. The van der Waals surface area contributed by atoms with Gasteiger partial charge in [0.1, 0.15) is 0 Å². The van der Waals surface area contributed by atoms with Gasteiger partial charge in [-0.1, -0.05) is 41.9 Å². The molecule has 3 aromatic rings. The van der Waals surface area contributed by atoms with Gasteiger partial charge in [0.2, 0.25) is 5.91 Å². The van der Waals surface area contributed by atoms with E-state index in [0.717, 1.165) is 41.0 Å². The molecule has 1 saturated heterocycles. The summed E-state index contributed by atoms with van der Waals surface area (Å²) in [4.78, 5) is 16.6. The smallest absolute Gasteiger partial charge is 0.228 e. The third-order valence-corrected chi connectivity index (χ3v) is 5.68. The molecule has 1 aromatic heterocycles. The van der Waals surface area contributed by atoms with Crippen LogP contribution in [0.5, 0.6) is 0 Å². The van der Waals surface area contributed by atoms with Crippen molar-refractivity contribution in [2.75, 3.05) is 11.9 Å². The summed E-state index contributed by atoms with van der Waals surface area (Å²) >= 11 is 6.34. The van der Waals surface area contributed by atoms with Crippen molar-refractivity contribution >= 4 is 23.2 Å². The number of hydrogen-bond acceptors (Lipinski definition) is 3. The monoisotopic (exact) mass is 406 g/mol. The summed E-state index contributed by atoms with van der Waals surface area (Å²) in [5, 5.41) is 3.53. The number of nitrogens with one attached hydrogen (secondary N) is 1. The maximum atomic E-state index is 12.5. The molecule has 0 saturated carbocycles. The van der Waals surface area contributed by atoms with Crippen molar-refractivity contribution in [2.45, 2.75) is 32.3 Å². The number of aryl methyl sites for hydroxylation is 1. The van der Waals surface area contributed by atoms with Crippen LogP contribution in [0.4, 0.5) is 5.69 Å². The molecule has 29 heavy (non-hydrogen) atoms. The number of pyridine rings is 1. The summed E-state index contributed by atoms with van der Waals surface area (Å²) in [6.07, 6.45) is 4.65. The van der Waals surface area contributed by atoms with Crippen molar-refractivity contribution in [3.8, 4) is 11.1 Å². The second kappa shape index (κ2) is 7.97. The fourth-order valence-corrected chi connectivity index (χ4v) is 3.80. The maximum Gasteiger partial charge on any atom is 0.228 e. The van der Waals surface area contributed by atoms with E-state index in [1.54, 1.807) is 12.4 Å². The molecule has 2 aromatic carbocycles. The number of carbonyl (C=O) groups excluding carboxylic acids is 1. The van der Waals surface area contributed by atoms with Gasteiger partial charge in [-0.05, 0) is 59.9 Å². The number of hydrogen-bond donors (Lipinski definition) is 1. The van der Waals surface area contributed by atoms with Gasteiger partial charge in [0.05, 0.1) is 30.5 Å². The quantitative estimate of drug-likeness (QED) is 0.606. The van der Waals surface area contributed by atoms with E-state index in [0.29, 0.717) is 5.02 Å². The highest BCUT2D eigenvalue weighted by Crippen LogP contribution is 2.37. The first kappa shape index (κ1) is 19.6. The highest BCUT2D eigenvalue weighted by Gasteiger charge is 2.34. The first-order valence-electron chi connectivity index (χ1n) is 9.68. The van der Waals surface area contributed by atoms with Crippen LogP contribution >= 0.6 is 11.6 Å². The molecule has 0 bridgehead atoms. The minimum atomic E-state index is -0.166. The van der Waals surface area contributed by atoms with Crippen LogP contribution < -0.4 is 5.32 Å². The molecule has 4 nitrogen and oxygen atoms in total. The Morgan fingerprint density at radius 1 is 1.17 bits per heavy atom. The number of amides is 1. The Labute approximate surface area is 175 Å². The minimum Gasteiger partial charge on any atom is -0.370 e. The molecule has 1 aliphatic heterocycles. The predicted molar refractivity (Wildman–Crippen MR) is 116 cm³/mol. The number of aromatic nitrogens is 1. The van der Waals surface area contributed by atoms with Gasteiger partial charge in [-0.3, -0.25) is 9.78 Å². The molecule has 2 heterocycles. The molecule has 1 fully saturated rings. The molecular formula is C24H23ClN2O2. The van der Waals surface area contributed by atoms with Gasteiger partial charge in [0.15, 0.2) is 0 Å². The number of halogens is 1. The van der Waals surface area contributed by atoms with Crippen LogP contribution in [-0.2, 0) is 21.6 Å². The lowest BCUT2D eigenvalue weighted by Crippen LogP contribution is -2.37. The molecule has 0 radical (unpaired) electrons. The van der Waals surface area contributed by atoms with Gasteiger partial charge in [-0.25, -0.2) is 0 Å². The third kappa shape index (κ3) is 4.34. The molecule has 1 N–H and O–H groups in total. The van der Waals surface area contributed by atoms with E-state index in [1.807, 2.05) is 31.2 Å². The molecule has 1 aliphatic rings. The lowest BCUT2D eigenvalue weighted by molar-refractivity contribution is -0.140. The summed E-state index contributed by atoms with van der Waals surface area (Å²) in [6, 6.07) is 16.0. The van der Waals surface area contributed by atoms with Crippen LogP contribution in [-0.4, -0.2) is 17.5 Å². The zero-order valence-electron chi connectivity index (χ0n) is 16.5. The van der Waals surface area contributed by atoms with Gasteiger partial charge in [0.25, 0.3) is 0 Å². The summed E-state index contributed by atoms with van der Waals surface area (Å²) in [7, 11) is 0. The molecular weight excluding hydrogens is 384 g/mol. The zero-order valence-corrected chi connectivity index (χ0v) is 17.3. The average Bonchev–Trinajstić information content (AvgIpc) is 2.67. The van der Waals surface area contributed by atoms with Crippen LogP contribution in [0.3, 0.4) is 0 Å². The first-order chi connectivity index (χ1) is 13.9. The number of benzene rings is 2. The Morgan fingerprint density at radius 2 is 1.93 bits per heavy atom. The third-order valence-electron chi connectivity index (χ3n) is 5.46. The fraction of sp³-hybridized carbons (Fsp3) is 0.250. The molecule has 148 valence electrons. The highest BCUT2D eigenvalue weighted by atomic mass is 35.5. The number of rotatable bonds is 5. The number of nitrogens with zero attached hydrogens (tertiary/aromatic N) is 1. The Morgan fingerprint density at radius 3 is 2.59 bits per heavy atom. The van der Waals surface area contributed by atoms with Crippen LogP contribution in [0.1, 0.15) is 30.0 Å². The Kier molecular flexibility index (Phi) is 5.39. The van der Waals surface area contributed by atoms with Gasteiger partial charge in [-0.15, -0.1) is 0 Å². The maximum absolute atomic E-state index is 12.5. The van der Waals surface area contributed by atoms with Crippen molar-refractivity contribution < 1.29 is 9.53 Å². The topological polar surface area (TPSA) is 51.2 Å². The Hall–Kier alpha value is -2.69. The van der Waals surface area contributed by atoms with Gasteiger partial charge >= 0.3 is 0 Å². The first-order valence-corrected chi connectivity index (χ1v) is 10.1. The summed E-state index contributed by atoms with van der Waals surface area (Å²) in [5.74, 6) is -0.0975. The lowest BCUT2D eigenvalue weighted by Gasteiger charge is -2.39. The van der Waals surface area contributed by atoms with Crippen LogP contribution in [0.2, 0.25) is 5.02 Å². The van der Waals surface area contributed by atoms with E-state index < -0.39 is 0 Å². The van der Waals surface area contributed by atoms with E-state index in [4.69, 9.17) is 16.3 Å². The summed E-state index contributed by atoms with van der Waals surface area (Å²) in [5.41, 5.74) is 5.63. The van der Waals surface area contributed by atoms with Crippen molar-refractivity contribution in [1.82, 2.24) is 4.98 Å². The van der Waals surface area contributed by atoms with Gasteiger partial charge in [0, 0.05) is 17.6 Å². The average molecular weight is 407 g/mol. The Balaban J connectivity index is 1.51. The molecule has 0 spiro atoms. The van der Waals surface area contributed by atoms with E-state index >= 15 is 0 Å². The fourth-order valence-electron chi connectivity index (χ4n) is 3.54. The van der Waals surface area contributed by atoms with Crippen LogP contribution in [0, 0.1) is 6.92 Å². The lowest BCUT2D eigenvalue weighted by atomic mass is 9.87. The predicted octanol–water partition coefficient (Wildman–Crippen LogP) is 5.53. The molecule has 5 heteroatoms. The van der Waals surface area contributed by atoms with Crippen molar-refractivity contribution in [2.24, 2.45) is 0 Å². The van der Waals surface area contributed by atoms with E-state index in [-0.39, 0.29) is 17.9 Å². The van der Waals surface area contributed by atoms with Crippen LogP contribution in [0.15, 0.2) is 60.9 Å². The molecule has 1 atom stereocenters.